The second kappa shape index (κ2) is 6.82. The molecule has 1 fully saturated rings. The van der Waals surface area contributed by atoms with Gasteiger partial charge in [0.25, 0.3) is 0 Å². The molecule has 0 saturated carbocycles. The molecule has 2 rings (SSSR count). The molecule has 18 heavy (non-hydrogen) atoms. The smallest absolute Gasteiger partial charge is 0.228 e. The minimum atomic E-state index is 0.119. The van der Waals surface area contributed by atoms with E-state index in [4.69, 9.17) is 10.3 Å². The van der Waals surface area contributed by atoms with Gasteiger partial charge in [0, 0.05) is 29.2 Å². The van der Waals surface area contributed by atoms with Crippen LogP contribution in [0.25, 0.3) is 0 Å². The second-order valence-corrected chi connectivity index (χ2v) is 7.12. The van der Waals surface area contributed by atoms with Crippen LogP contribution < -0.4 is 5.73 Å². The summed E-state index contributed by atoms with van der Waals surface area (Å²) in [6.45, 7) is 4.30. The fourth-order valence-corrected chi connectivity index (χ4v) is 4.96. The summed E-state index contributed by atoms with van der Waals surface area (Å²) in [7, 11) is 0. The highest BCUT2D eigenvalue weighted by Crippen LogP contribution is 2.42. The van der Waals surface area contributed by atoms with Gasteiger partial charge in [0.2, 0.25) is 5.89 Å². The van der Waals surface area contributed by atoms with Crippen molar-refractivity contribution in [2.45, 2.75) is 49.7 Å². The van der Waals surface area contributed by atoms with Gasteiger partial charge in [-0.15, -0.1) is 11.8 Å². The molecule has 0 aliphatic carbocycles. The molecule has 0 spiro atoms. The van der Waals surface area contributed by atoms with Crippen molar-refractivity contribution in [2.24, 2.45) is 5.73 Å². The normalized spacial score (nSPS) is 26.2. The number of hydrogen-bond donors (Lipinski definition) is 1. The molecule has 0 radical (unpaired) electrons. The molecule has 102 valence electrons. The van der Waals surface area contributed by atoms with Crippen molar-refractivity contribution in [3.63, 3.8) is 0 Å². The van der Waals surface area contributed by atoms with Gasteiger partial charge >= 0.3 is 0 Å². The van der Waals surface area contributed by atoms with Gasteiger partial charge in [-0.05, 0) is 12.8 Å². The maximum Gasteiger partial charge on any atom is 0.228 e. The Bertz CT molecular complexity index is 372. The molecule has 1 aromatic rings. The van der Waals surface area contributed by atoms with Crippen LogP contribution in [0.2, 0.25) is 0 Å². The topological polar surface area (TPSA) is 64.9 Å². The molecule has 1 aliphatic heterocycles. The standard InChI is InChI=1S/C12H21N3OS2/c1-3-8(13)7-10-14-12(15-16-10)11-9(4-2)17-5-6-18-11/h8-9,11H,3-7,13H2,1-2H3. The third kappa shape index (κ3) is 3.42. The monoisotopic (exact) mass is 287 g/mol. The van der Waals surface area contributed by atoms with E-state index in [1.165, 1.54) is 11.5 Å². The Labute approximate surface area is 117 Å². The summed E-state index contributed by atoms with van der Waals surface area (Å²) < 4.78 is 5.32. The van der Waals surface area contributed by atoms with Crippen LogP contribution in [0.5, 0.6) is 0 Å². The number of aromatic nitrogens is 2. The Hall–Kier alpha value is -0.200. The van der Waals surface area contributed by atoms with Crippen LogP contribution in [0.4, 0.5) is 0 Å². The average Bonchev–Trinajstić information content (AvgIpc) is 2.86. The molecule has 3 atom stereocenters. The van der Waals surface area contributed by atoms with E-state index in [1.54, 1.807) is 0 Å². The highest BCUT2D eigenvalue weighted by atomic mass is 32.2. The summed E-state index contributed by atoms with van der Waals surface area (Å²) in [5.74, 6) is 3.94. The van der Waals surface area contributed by atoms with Gasteiger partial charge in [0.15, 0.2) is 5.82 Å². The zero-order chi connectivity index (χ0) is 13.0. The summed E-state index contributed by atoms with van der Waals surface area (Å²) in [5, 5.41) is 5.13. The number of nitrogens with two attached hydrogens (primary N) is 1. The van der Waals surface area contributed by atoms with Crippen LogP contribution >= 0.6 is 23.5 Å². The van der Waals surface area contributed by atoms with Gasteiger partial charge < -0.3 is 10.3 Å². The van der Waals surface area contributed by atoms with Crippen LogP contribution in [0.1, 0.15) is 43.7 Å². The molecule has 0 bridgehead atoms. The van der Waals surface area contributed by atoms with Crippen molar-refractivity contribution >= 4 is 23.5 Å². The molecule has 1 saturated heterocycles. The lowest BCUT2D eigenvalue weighted by molar-refractivity contribution is 0.362. The first-order valence-corrected chi connectivity index (χ1v) is 8.65. The number of thioether (sulfide) groups is 2. The van der Waals surface area contributed by atoms with Gasteiger partial charge in [-0.1, -0.05) is 19.0 Å². The Kier molecular flexibility index (Phi) is 5.38. The van der Waals surface area contributed by atoms with Crippen LogP contribution in [0, 0.1) is 0 Å². The molecule has 3 unspecified atom stereocenters. The Morgan fingerprint density at radius 3 is 2.89 bits per heavy atom. The second-order valence-electron chi connectivity index (χ2n) is 4.53. The first-order chi connectivity index (χ1) is 8.74. The average molecular weight is 287 g/mol. The largest absolute Gasteiger partial charge is 0.339 e. The molecule has 1 aromatic heterocycles. The van der Waals surface area contributed by atoms with Crippen molar-refractivity contribution in [1.29, 1.82) is 0 Å². The van der Waals surface area contributed by atoms with E-state index in [9.17, 15) is 0 Å². The van der Waals surface area contributed by atoms with Crippen molar-refractivity contribution in [1.82, 2.24) is 10.1 Å². The molecule has 2 N–H and O–H groups in total. The summed E-state index contributed by atoms with van der Waals surface area (Å²) in [6, 6.07) is 0.119. The summed E-state index contributed by atoms with van der Waals surface area (Å²) in [5.41, 5.74) is 5.91. The molecule has 0 amide bonds. The van der Waals surface area contributed by atoms with E-state index in [0.717, 1.165) is 18.7 Å². The summed E-state index contributed by atoms with van der Waals surface area (Å²) in [6.07, 6.45) is 2.77. The molecular formula is C12H21N3OS2. The third-order valence-electron chi connectivity index (χ3n) is 3.15. The molecule has 6 heteroatoms. The molecule has 1 aliphatic rings. The van der Waals surface area contributed by atoms with Gasteiger partial charge in [-0.3, -0.25) is 0 Å². The van der Waals surface area contributed by atoms with E-state index in [-0.39, 0.29) is 6.04 Å². The Balaban J connectivity index is 2.03. The first-order valence-electron chi connectivity index (χ1n) is 6.55. The fourth-order valence-electron chi connectivity index (χ4n) is 1.98. The number of nitrogens with zero attached hydrogens (tertiary/aromatic N) is 2. The van der Waals surface area contributed by atoms with E-state index in [1.807, 2.05) is 23.5 Å². The zero-order valence-corrected chi connectivity index (χ0v) is 12.6. The van der Waals surface area contributed by atoms with Crippen molar-refractivity contribution in [2.75, 3.05) is 11.5 Å². The highest BCUT2D eigenvalue weighted by molar-refractivity contribution is 8.06. The zero-order valence-electron chi connectivity index (χ0n) is 11.0. The number of hydrogen-bond acceptors (Lipinski definition) is 6. The highest BCUT2D eigenvalue weighted by Gasteiger charge is 2.30. The van der Waals surface area contributed by atoms with E-state index >= 15 is 0 Å². The predicted octanol–water partition coefficient (Wildman–Crippen LogP) is 2.65. The van der Waals surface area contributed by atoms with Crippen LogP contribution in [0.15, 0.2) is 4.52 Å². The van der Waals surface area contributed by atoms with Crippen LogP contribution in [0.3, 0.4) is 0 Å². The summed E-state index contributed by atoms with van der Waals surface area (Å²) >= 11 is 3.98. The molecule has 2 heterocycles. The molecule has 4 nitrogen and oxygen atoms in total. The Morgan fingerprint density at radius 2 is 2.17 bits per heavy atom. The molecule has 0 aromatic carbocycles. The van der Waals surface area contributed by atoms with E-state index < -0.39 is 0 Å². The summed E-state index contributed by atoms with van der Waals surface area (Å²) in [4.78, 5) is 4.53. The van der Waals surface area contributed by atoms with Crippen LogP contribution in [-0.4, -0.2) is 32.9 Å². The fraction of sp³-hybridized carbons (Fsp3) is 0.833. The van der Waals surface area contributed by atoms with Gasteiger partial charge in [-0.2, -0.15) is 16.7 Å². The minimum Gasteiger partial charge on any atom is -0.339 e. The van der Waals surface area contributed by atoms with Crippen LogP contribution in [-0.2, 0) is 6.42 Å². The van der Waals surface area contributed by atoms with Gasteiger partial charge in [-0.25, -0.2) is 0 Å². The SMILES string of the molecule is CCC(N)Cc1nc(C2SCCSC2CC)no1. The maximum absolute atomic E-state index is 5.91. The van der Waals surface area contributed by atoms with Gasteiger partial charge in [0.05, 0.1) is 5.25 Å². The van der Waals surface area contributed by atoms with Crippen molar-refractivity contribution in [3.05, 3.63) is 11.7 Å². The van der Waals surface area contributed by atoms with Crippen molar-refractivity contribution < 1.29 is 4.52 Å². The lowest BCUT2D eigenvalue weighted by Crippen LogP contribution is -2.22. The van der Waals surface area contributed by atoms with E-state index in [2.05, 4.69) is 24.0 Å². The minimum absolute atomic E-state index is 0.119. The number of rotatable bonds is 5. The Morgan fingerprint density at radius 1 is 1.39 bits per heavy atom. The third-order valence-corrected chi connectivity index (χ3v) is 6.39. The van der Waals surface area contributed by atoms with Crippen molar-refractivity contribution in [3.8, 4) is 0 Å². The lowest BCUT2D eigenvalue weighted by atomic mass is 10.2. The molecular weight excluding hydrogens is 266 g/mol. The maximum atomic E-state index is 5.91. The predicted molar refractivity (Wildman–Crippen MR) is 78.0 cm³/mol. The lowest BCUT2D eigenvalue weighted by Gasteiger charge is -2.27. The quantitative estimate of drug-likeness (QED) is 0.898. The first kappa shape index (κ1) is 14.2. The van der Waals surface area contributed by atoms with E-state index in [0.29, 0.717) is 22.8 Å². The van der Waals surface area contributed by atoms with Gasteiger partial charge in [0.1, 0.15) is 0 Å².